The van der Waals surface area contributed by atoms with E-state index in [0.717, 1.165) is 57.7 Å². The summed E-state index contributed by atoms with van der Waals surface area (Å²) in [6.45, 7) is 4.85. The van der Waals surface area contributed by atoms with Gasteiger partial charge in [0.1, 0.15) is 5.82 Å². The maximum atomic E-state index is 13.2. The van der Waals surface area contributed by atoms with Crippen LogP contribution in [0.1, 0.15) is 36.0 Å². The predicted molar refractivity (Wildman–Crippen MR) is 121 cm³/mol. The lowest BCUT2D eigenvalue weighted by molar-refractivity contribution is 0.0697. The molecule has 0 radical (unpaired) electrons. The zero-order valence-corrected chi connectivity index (χ0v) is 18.7. The van der Waals surface area contributed by atoms with Crippen molar-refractivity contribution < 1.29 is 22.7 Å². The first-order valence-corrected chi connectivity index (χ1v) is 12.4. The first-order chi connectivity index (χ1) is 15.3. The first kappa shape index (κ1) is 22.5. The van der Waals surface area contributed by atoms with Crippen LogP contribution in [0.15, 0.2) is 47.4 Å². The van der Waals surface area contributed by atoms with E-state index in [-0.39, 0.29) is 16.1 Å². The first-order valence-electron chi connectivity index (χ1n) is 10.9. The monoisotopic (exact) mass is 461 g/mol. The normalized spacial score (nSPS) is 19.8. The molecule has 2 aliphatic rings. The fraction of sp³-hybridized carbons (Fsp3) is 0.435. The third kappa shape index (κ3) is 5.21. The van der Waals surface area contributed by atoms with E-state index in [9.17, 15) is 22.7 Å². The number of piperidine rings is 1. The molecule has 2 aliphatic heterocycles. The summed E-state index contributed by atoms with van der Waals surface area (Å²) in [5.41, 5.74) is 0.874. The molecule has 172 valence electrons. The van der Waals surface area contributed by atoms with Crippen LogP contribution < -0.4 is 9.62 Å². The van der Waals surface area contributed by atoms with Gasteiger partial charge in [0.15, 0.2) is 0 Å². The molecule has 0 aliphatic carbocycles. The SMILES string of the molecule is O=C(O)c1ccc(N2CCC[C@H](CN3CCCC3)C2)c(NS(=O)(=O)c2ccc(F)cc2)c1. The summed E-state index contributed by atoms with van der Waals surface area (Å²) >= 11 is 0. The highest BCUT2D eigenvalue weighted by Crippen LogP contribution is 2.33. The van der Waals surface area contributed by atoms with Crippen LogP contribution in [0.3, 0.4) is 0 Å². The van der Waals surface area contributed by atoms with Gasteiger partial charge in [0.2, 0.25) is 0 Å². The Labute approximate surface area is 187 Å². The van der Waals surface area contributed by atoms with Crippen LogP contribution >= 0.6 is 0 Å². The van der Waals surface area contributed by atoms with Gasteiger partial charge in [-0.05, 0) is 87.2 Å². The van der Waals surface area contributed by atoms with E-state index in [1.807, 2.05) is 0 Å². The summed E-state index contributed by atoms with van der Waals surface area (Å²) in [5.74, 6) is -1.19. The molecule has 0 bridgehead atoms. The number of carboxylic acids is 1. The fourth-order valence-electron chi connectivity index (χ4n) is 4.61. The largest absolute Gasteiger partial charge is 0.478 e. The van der Waals surface area contributed by atoms with E-state index >= 15 is 0 Å². The molecule has 7 nitrogen and oxygen atoms in total. The van der Waals surface area contributed by atoms with E-state index < -0.39 is 21.8 Å². The van der Waals surface area contributed by atoms with Crippen LogP contribution in [-0.4, -0.2) is 57.1 Å². The van der Waals surface area contributed by atoms with Crippen molar-refractivity contribution >= 4 is 27.4 Å². The third-order valence-electron chi connectivity index (χ3n) is 6.19. The minimum absolute atomic E-state index is 0.00353. The molecule has 2 heterocycles. The molecule has 0 spiro atoms. The molecule has 9 heteroatoms. The van der Waals surface area contributed by atoms with Crippen molar-refractivity contribution in [1.82, 2.24) is 4.90 Å². The molecule has 2 fully saturated rings. The van der Waals surface area contributed by atoms with Gasteiger partial charge in [-0.3, -0.25) is 4.72 Å². The third-order valence-corrected chi connectivity index (χ3v) is 7.57. The summed E-state index contributed by atoms with van der Waals surface area (Å²) in [6.07, 6.45) is 4.59. The number of sulfonamides is 1. The Kier molecular flexibility index (Phi) is 6.66. The van der Waals surface area contributed by atoms with Crippen molar-refractivity contribution in [3.05, 3.63) is 53.8 Å². The van der Waals surface area contributed by atoms with Crippen molar-refractivity contribution in [2.24, 2.45) is 5.92 Å². The zero-order valence-electron chi connectivity index (χ0n) is 17.8. The number of benzene rings is 2. The second kappa shape index (κ2) is 9.46. The summed E-state index contributed by atoms with van der Waals surface area (Å²) in [7, 11) is -4.01. The van der Waals surface area contributed by atoms with E-state index in [1.165, 1.54) is 37.1 Å². The highest BCUT2D eigenvalue weighted by Gasteiger charge is 2.26. The summed E-state index contributed by atoms with van der Waals surface area (Å²) in [6, 6.07) is 9.05. The molecule has 0 saturated carbocycles. The molecular weight excluding hydrogens is 433 g/mol. The van der Waals surface area contributed by atoms with E-state index in [4.69, 9.17) is 0 Å². The Morgan fingerprint density at radius 2 is 1.78 bits per heavy atom. The molecule has 2 N–H and O–H groups in total. The molecule has 2 saturated heterocycles. The molecule has 4 rings (SSSR count). The Morgan fingerprint density at radius 1 is 1.06 bits per heavy atom. The number of hydrogen-bond donors (Lipinski definition) is 2. The van der Waals surface area contributed by atoms with Crippen LogP contribution in [0, 0.1) is 11.7 Å². The minimum Gasteiger partial charge on any atom is -0.478 e. The Balaban J connectivity index is 1.60. The van der Waals surface area contributed by atoms with Crippen molar-refractivity contribution in [2.75, 3.05) is 42.3 Å². The molecule has 32 heavy (non-hydrogen) atoms. The maximum Gasteiger partial charge on any atom is 0.335 e. The summed E-state index contributed by atoms with van der Waals surface area (Å²) in [5, 5.41) is 9.42. The van der Waals surface area contributed by atoms with Crippen LogP contribution in [0.5, 0.6) is 0 Å². The molecule has 1 atom stereocenters. The van der Waals surface area contributed by atoms with Gasteiger partial charge in [0, 0.05) is 19.6 Å². The van der Waals surface area contributed by atoms with E-state index in [2.05, 4.69) is 14.5 Å². The molecule has 2 aromatic carbocycles. The highest BCUT2D eigenvalue weighted by molar-refractivity contribution is 7.92. The van der Waals surface area contributed by atoms with Crippen molar-refractivity contribution in [3.63, 3.8) is 0 Å². The average molecular weight is 462 g/mol. The van der Waals surface area contributed by atoms with Gasteiger partial charge in [-0.2, -0.15) is 0 Å². The zero-order chi connectivity index (χ0) is 22.7. The average Bonchev–Trinajstić information content (AvgIpc) is 3.27. The molecule has 0 aromatic heterocycles. The number of likely N-dealkylation sites (tertiary alicyclic amines) is 1. The maximum absolute atomic E-state index is 13.2. The Morgan fingerprint density at radius 3 is 2.47 bits per heavy atom. The van der Waals surface area contributed by atoms with Crippen molar-refractivity contribution in [3.8, 4) is 0 Å². The number of carboxylic acid groups (broad SMARTS) is 1. The number of carbonyl (C=O) groups is 1. The quantitative estimate of drug-likeness (QED) is 0.654. The number of rotatable bonds is 7. The van der Waals surface area contributed by atoms with Gasteiger partial charge >= 0.3 is 5.97 Å². The summed E-state index contributed by atoms with van der Waals surface area (Å²) in [4.78, 5) is 16.1. The van der Waals surface area contributed by atoms with Crippen LogP contribution in [-0.2, 0) is 10.0 Å². The number of hydrogen-bond acceptors (Lipinski definition) is 5. The molecule has 2 aromatic rings. The lowest BCUT2D eigenvalue weighted by atomic mass is 9.96. The minimum atomic E-state index is -4.01. The van der Waals surface area contributed by atoms with Crippen molar-refractivity contribution in [2.45, 2.75) is 30.6 Å². The number of nitrogens with one attached hydrogen (secondary N) is 1. The molecule has 0 unspecified atom stereocenters. The van der Waals surface area contributed by atoms with E-state index in [1.54, 1.807) is 6.07 Å². The predicted octanol–water partition coefficient (Wildman–Crippen LogP) is 3.64. The highest BCUT2D eigenvalue weighted by atomic mass is 32.2. The van der Waals surface area contributed by atoms with Crippen LogP contribution in [0.2, 0.25) is 0 Å². The lowest BCUT2D eigenvalue weighted by Crippen LogP contribution is -2.40. The van der Waals surface area contributed by atoms with Gasteiger partial charge in [-0.1, -0.05) is 0 Å². The second-order valence-electron chi connectivity index (χ2n) is 8.56. The fourth-order valence-corrected chi connectivity index (χ4v) is 5.67. The Hall–Kier alpha value is -2.65. The van der Waals surface area contributed by atoms with Crippen LogP contribution in [0.4, 0.5) is 15.8 Å². The van der Waals surface area contributed by atoms with Crippen molar-refractivity contribution in [1.29, 1.82) is 0 Å². The molecular formula is C23H28FN3O4S. The number of nitrogens with zero attached hydrogens (tertiary/aromatic N) is 2. The van der Waals surface area contributed by atoms with Gasteiger partial charge in [-0.15, -0.1) is 0 Å². The number of aromatic carboxylic acids is 1. The Bertz CT molecular complexity index is 1070. The van der Waals surface area contributed by atoms with Gasteiger partial charge in [-0.25, -0.2) is 17.6 Å². The van der Waals surface area contributed by atoms with Gasteiger partial charge in [0.25, 0.3) is 10.0 Å². The number of halogens is 1. The standard InChI is InChI=1S/C23H28FN3O4S/c24-19-6-8-20(9-7-19)32(30,31)25-21-14-18(23(28)29)5-10-22(21)27-13-3-4-17(16-27)15-26-11-1-2-12-26/h5-10,14,17,25H,1-4,11-13,15-16H2,(H,28,29)/t17-/m1/s1. The van der Waals surface area contributed by atoms with E-state index in [0.29, 0.717) is 11.6 Å². The number of anilines is 2. The van der Waals surface area contributed by atoms with Gasteiger partial charge < -0.3 is 14.9 Å². The smallest absolute Gasteiger partial charge is 0.335 e. The second-order valence-corrected chi connectivity index (χ2v) is 10.2. The summed E-state index contributed by atoms with van der Waals surface area (Å²) < 4.78 is 41.6. The topological polar surface area (TPSA) is 89.9 Å². The van der Waals surface area contributed by atoms with Crippen LogP contribution in [0.25, 0.3) is 0 Å². The lowest BCUT2D eigenvalue weighted by Gasteiger charge is -2.37. The molecule has 0 amide bonds. The van der Waals surface area contributed by atoms with Gasteiger partial charge in [0.05, 0.1) is 21.8 Å².